The van der Waals surface area contributed by atoms with E-state index in [0.29, 0.717) is 25.3 Å². The lowest BCUT2D eigenvalue weighted by Gasteiger charge is -2.19. The number of likely N-dealkylation sites (tertiary alicyclic amines) is 1. The van der Waals surface area contributed by atoms with Crippen molar-refractivity contribution in [1.29, 1.82) is 0 Å². The van der Waals surface area contributed by atoms with Crippen LogP contribution in [0.3, 0.4) is 0 Å². The van der Waals surface area contributed by atoms with Crippen LogP contribution in [0.1, 0.15) is 51.5 Å². The molecule has 1 aromatic rings. The molecule has 136 valence electrons. The third kappa shape index (κ3) is 6.21. The minimum absolute atomic E-state index is 0.0519. The van der Waals surface area contributed by atoms with E-state index in [9.17, 15) is 9.59 Å². The number of hydrogen-bond donors (Lipinski definition) is 1. The van der Waals surface area contributed by atoms with Crippen molar-refractivity contribution >= 4 is 17.5 Å². The number of benzene rings is 1. The molecule has 0 unspecified atom stereocenters. The molecule has 1 aliphatic rings. The Morgan fingerprint density at radius 1 is 1.24 bits per heavy atom. The molecule has 0 aromatic heterocycles. The van der Waals surface area contributed by atoms with Crippen LogP contribution in [-0.2, 0) is 9.59 Å². The summed E-state index contributed by atoms with van der Waals surface area (Å²) in [6, 6.07) is 7.60. The third-order valence-corrected chi connectivity index (χ3v) is 4.10. The monoisotopic (exact) mass is 345 g/mol. The van der Waals surface area contributed by atoms with E-state index in [4.69, 9.17) is 4.74 Å². The number of ether oxygens (including phenoxy) is 1. The highest BCUT2D eigenvalue weighted by Crippen LogP contribution is 2.13. The van der Waals surface area contributed by atoms with Crippen molar-refractivity contribution in [2.24, 2.45) is 5.10 Å². The van der Waals surface area contributed by atoms with Crippen LogP contribution >= 0.6 is 0 Å². The summed E-state index contributed by atoms with van der Waals surface area (Å²) in [6.45, 7) is 5.30. The number of amides is 2. The van der Waals surface area contributed by atoms with Gasteiger partial charge in [-0.3, -0.25) is 9.59 Å². The topological polar surface area (TPSA) is 71.0 Å². The fourth-order valence-electron chi connectivity index (χ4n) is 2.64. The van der Waals surface area contributed by atoms with E-state index in [1.54, 1.807) is 4.90 Å². The molecule has 0 saturated carbocycles. The van der Waals surface area contributed by atoms with Gasteiger partial charge in [0.2, 0.25) is 5.91 Å². The fraction of sp³-hybridized carbons (Fsp3) is 0.526. The maximum atomic E-state index is 12.0. The Kier molecular flexibility index (Phi) is 7.44. The van der Waals surface area contributed by atoms with Gasteiger partial charge in [-0.1, -0.05) is 13.3 Å². The Morgan fingerprint density at radius 2 is 2.00 bits per heavy atom. The molecule has 6 nitrogen and oxygen atoms in total. The Hall–Kier alpha value is -2.37. The van der Waals surface area contributed by atoms with E-state index in [1.165, 1.54) is 0 Å². The first-order chi connectivity index (χ1) is 12.1. The van der Waals surface area contributed by atoms with Gasteiger partial charge in [0, 0.05) is 13.0 Å². The molecule has 2 amide bonds. The van der Waals surface area contributed by atoms with Gasteiger partial charge >= 0.3 is 0 Å². The SMILES string of the molecule is CCCOc1ccc(/C(C)=N\NC(=O)CN2CCCCCC2=O)cc1. The Labute approximate surface area is 149 Å². The highest BCUT2D eigenvalue weighted by Gasteiger charge is 2.18. The van der Waals surface area contributed by atoms with E-state index >= 15 is 0 Å². The minimum Gasteiger partial charge on any atom is -0.494 e. The molecule has 0 atom stereocenters. The molecule has 1 heterocycles. The van der Waals surface area contributed by atoms with Crippen LogP contribution in [0.5, 0.6) is 5.75 Å². The van der Waals surface area contributed by atoms with Crippen molar-refractivity contribution in [3.05, 3.63) is 29.8 Å². The molecule has 1 aliphatic heterocycles. The summed E-state index contributed by atoms with van der Waals surface area (Å²) >= 11 is 0. The van der Waals surface area contributed by atoms with Gasteiger partial charge in [0.25, 0.3) is 5.91 Å². The smallest absolute Gasteiger partial charge is 0.259 e. The predicted octanol–water partition coefficient (Wildman–Crippen LogP) is 2.72. The highest BCUT2D eigenvalue weighted by molar-refractivity contribution is 5.99. The zero-order valence-electron chi connectivity index (χ0n) is 15.1. The van der Waals surface area contributed by atoms with Gasteiger partial charge in [0.05, 0.1) is 12.3 Å². The standard InChI is InChI=1S/C19H27N3O3/c1-3-13-25-17-10-8-16(9-11-17)15(2)20-21-18(23)14-22-12-6-4-5-7-19(22)24/h8-11H,3-7,12-14H2,1-2H3,(H,21,23)/b20-15-. The second-order valence-electron chi connectivity index (χ2n) is 6.23. The largest absolute Gasteiger partial charge is 0.494 e. The first-order valence-corrected chi connectivity index (χ1v) is 8.94. The lowest BCUT2D eigenvalue weighted by molar-refractivity contribution is -0.135. The van der Waals surface area contributed by atoms with E-state index in [-0.39, 0.29) is 18.4 Å². The number of hydrazone groups is 1. The summed E-state index contributed by atoms with van der Waals surface area (Å²) in [5.74, 6) is 0.607. The van der Waals surface area contributed by atoms with Crippen LogP contribution in [-0.4, -0.2) is 42.1 Å². The lowest BCUT2D eigenvalue weighted by Crippen LogP contribution is -2.39. The zero-order chi connectivity index (χ0) is 18.1. The van der Waals surface area contributed by atoms with Crippen LogP contribution in [0, 0.1) is 0 Å². The average molecular weight is 345 g/mol. The maximum Gasteiger partial charge on any atom is 0.259 e. The second-order valence-corrected chi connectivity index (χ2v) is 6.23. The molecule has 2 rings (SSSR count). The van der Waals surface area contributed by atoms with Gasteiger partial charge < -0.3 is 9.64 Å². The van der Waals surface area contributed by atoms with Crippen molar-refractivity contribution in [2.45, 2.75) is 46.0 Å². The van der Waals surface area contributed by atoms with E-state index in [2.05, 4.69) is 17.5 Å². The zero-order valence-corrected chi connectivity index (χ0v) is 15.1. The fourth-order valence-corrected chi connectivity index (χ4v) is 2.64. The molecule has 1 N–H and O–H groups in total. The molecule has 6 heteroatoms. The summed E-state index contributed by atoms with van der Waals surface area (Å²) in [5.41, 5.74) is 4.16. The van der Waals surface area contributed by atoms with Crippen molar-refractivity contribution in [1.82, 2.24) is 10.3 Å². The van der Waals surface area contributed by atoms with E-state index in [0.717, 1.165) is 37.0 Å². The number of hydrogen-bond acceptors (Lipinski definition) is 4. The van der Waals surface area contributed by atoms with Crippen LogP contribution in [0.15, 0.2) is 29.4 Å². The number of carbonyl (C=O) groups is 2. The van der Waals surface area contributed by atoms with E-state index < -0.39 is 0 Å². The number of nitrogens with one attached hydrogen (secondary N) is 1. The maximum absolute atomic E-state index is 12.0. The van der Waals surface area contributed by atoms with E-state index in [1.807, 2.05) is 31.2 Å². The van der Waals surface area contributed by atoms with Crippen LogP contribution in [0.2, 0.25) is 0 Å². The highest BCUT2D eigenvalue weighted by atomic mass is 16.5. The molecule has 0 spiro atoms. The number of carbonyl (C=O) groups excluding carboxylic acids is 2. The van der Waals surface area contributed by atoms with Gasteiger partial charge in [-0.15, -0.1) is 0 Å². The van der Waals surface area contributed by atoms with Crippen molar-refractivity contribution in [3.8, 4) is 5.75 Å². The molecular formula is C19H27N3O3. The Morgan fingerprint density at radius 3 is 2.72 bits per heavy atom. The Balaban J connectivity index is 1.86. The molecule has 0 aliphatic carbocycles. The summed E-state index contributed by atoms with van der Waals surface area (Å²) in [5, 5.41) is 4.14. The summed E-state index contributed by atoms with van der Waals surface area (Å²) in [6.07, 6.45) is 4.40. The summed E-state index contributed by atoms with van der Waals surface area (Å²) in [7, 11) is 0. The van der Waals surface area contributed by atoms with Crippen molar-refractivity contribution in [3.63, 3.8) is 0 Å². The van der Waals surface area contributed by atoms with Crippen molar-refractivity contribution < 1.29 is 14.3 Å². The van der Waals surface area contributed by atoms with Crippen molar-refractivity contribution in [2.75, 3.05) is 19.7 Å². The Bertz CT molecular complexity index is 611. The average Bonchev–Trinajstić information content (AvgIpc) is 2.83. The molecule has 25 heavy (non-hydrogen) atoms. The molecule has 0 bridgehead atoms. The first kappa shape index (κ1) is 19.0. The quantitative estimate of drug-likeness (QED) is 0.610. The van der Waals surface area contributed by atoms with Gasteiger partial charge in [-0.05, 0) is 56.0 Å². The molecule has 1 fully saturated rings. The van der Waals surface area contributed by atoms with Gasteiger partial charge in [-0.25, -0.2) is 5.43 Å². The van der Waals surface area contributed by atoms with Gasteiger partial charge in [0.1, 0.15) is 12.3 Å². The molecule has 0 radical (unpaired) electrons. The normalized spacial score (nSPS) is 15.7. The minimum atomic E-state index is -0.266. The van der Waals surface area contributed by atoms with Gasteiger partial charge in [-0.2, -0.15) is 5.10 Å². The van der Waals surface area contributed by atoms with Crippen LogP contribution < -0.4 is 10.2 Å². The number of rotatable bonds is 7. The van der Waals surface area contributed by atoms with Crippen LogP contribution in [0.25, 0.3) is 0 Å². The van der Waals surface area contributed by atoms with Gasteiger partial charge in [0.15, 0.2) is 0 Å². The third-order valence-electron chi connectivity index (χ3n) is 4.10. The second kappa shape index (κ2) is 9.81. The summed E-state index contributed by atoms with van der Waals surface area (Å²) < 4.78 is 5.55. The molecular weight excluding hydrogens is 318 g/mol. The first-order valence-electron chi connectivity index (χ1n) is 8.94. The number of nitrogens with zero attached hydrogens (tertiary/aromatic N) is 2. The predicted molar refractivity (Wildman–Crippen MR) is 97.6 cm³/mol. The molecule has 1 aromatic carbocycles. The molecule has 1 saturated heterocycles. The lowest BCUT2D eigenvalue weighted by atomic mass is 10.1. The van der Waals surface area contributed by atoms with Crippen LogP contribution in [0.4, 0.5) is 0 Å². The summed E-state index contributed by atoms with van der Waals surface area (Å²) in [4.78, 5) is 25.6.